The predicted molar refractivity (Wildman–Crippen MR) is 228 cm³/mol. The van der Waals surface area contributed by atoms with E-state index in [1.54, 1.807) is 43.5 Å². The molecule has 0 amide bonds. The van der Waals surface area contributed by atoms with Gasteiger partial charge >= 0.3 is 0 Å². The molecule has 1 aliphatic rings. The molecule has 13 heteroatoms. The molecule has 9 N–H and O–H groups in total. The van der Waals surface area contributed by atoms with Gasteiger partial charge in [-0.2, -0.15) is 0 Å². The van der Waals surface area contributed by atoms with Crippen molar-refractivity contribution in [3.63, 3.8) is 0 Å². The lowest BCUT2D eigenvalue weighted by Gasteiger charge is -2.31. The molecule has 5 rings (SSSR count). The number of nitrogens with zero attached hydrogens (tertiary/aromatic N) is 1. The average Bonchev–Trinajstić information content (AvgIpc) is 3.61. The fourth-order valence-corrected chi connectivity index (χ4v) is 7.53. The Balaban J connectivity index is 1.10. The van der Waals surface area contributed by atoms with Gasteiger partial charge in [0.1, 0.15) is 11.4 Å². The first-order valence-corrected chi connectivity index (χ1v) is 19.9. The number of aliphatic hydroxyl groups excluding tert-OH is 1. The molecule has 1 aliphatic carbocycles. The number of aromatic hydroxyl groups is 3. The van der Waals surface area contributed by atoms with Gasteiger partial charge in [-0.25, -0.2) is 0 Å². The number of likely N-dealkylation sites (N-methyl/N-ethyl adjacent to an activating group) is 1. The van der Waals surface area contributed by atoms with Gasteiger partial charge in [0.25, 0.3) is 0 Å². The number of nitrogens with two attached hydrogens (primary N) is 1. The van der Waals surface area contributed by atoms with Crippen LogP contribution in [-0.2, 0) is 28.8 Å². The smallest absolute Gasteiger partial charge is 0.192 e. The maximum absolute atomic E-state index is 12.6. The van der Waals surface area contributed by atoms with E-state index in [1.807, 2.05) is 49.5 Å². The molecule has 13 nitrogen and oxygen atoms in total. The molecule has 4 aromatic carbocycles. The van der Waals surface area contributed by atoms with Gasteiger partial charge in [-0.3, -0.25) is 15.1 Å². The molecule has 0 spiro atoms. The summed E-state index contributed by atoms with van der Waals surface area (Å²) in [4.78, 5) is 16.6. The monoisotopic (exact) mass is 797 g/mol. The summed E-state index contributed by atoms with van der Waals surface area (Å²) >= 11 is 0. The van der Waals surface area contributed by atoms with E-state index < -0.39 is 11.7 Å². The standard InChI is InChI=1S/C45H59N5O8/c1-47-28-45(18-16-31(26-45)17-19-57-29-49-27-38(53)21-33-8-11-35-25-37(52)14-12-34(35)20-33)58-42-24-32(22-39(43(42)55)50-44(46)48-2)6-4-5-7-36(51)13-9-30-10-15-40(54)41(23-30)56-3/h5,7-8,10-12,14-15,20,22-25,31,38,47,49,52-55H,4,6,9,13,16-19,21,26-29H2,1-3H3,(H3,46,48,50)/t31-,38-,45+/m1/s1. The molecule has 0 bridgehead atoms. The molecule has 0 saturated heterocycles. The summed E-state index contributed by atoms with van der Waals surface area (Å²) in [6.45, 7) is 1.89. The number of aliphatic hydroxyl groups is 1. The molecule has 3 atom stereocenters. The number of phenolic OH excluding ortho intramolecular Hbond substituents is 3. The number of benzene rings is 4. The van der Waals surface area contributed by atoms with Gasteiger partial charge < -0.3 is 51.0 Å². The number of fused-ring (bicyclic) bond motifs is 1. The maximum Gasteiger partial charge on any atom is 0.192 e. The second-order valence-corrected chi connectivity index (χ2v) is 15.1. The predicted octanol–water partition coefficient (Wildman–Crippen LogP) is 5.71. The van der Waals surface area contributed by atoms with E-state index in [9.17, 15) is 25.2 Å². The number of guanidine groups is 1. The van der Waals surface area contributed by atoms with Crippen molar-refractivity contribution in [2.45, 2.75) is 69.5 Å². The second kappa shape index (κ2) is 21.4. The fourth-order valence-electron chi connectivity index (χ4n) is 7.53. The van der Waals surface area contributed by atoms with Crippen LogP contribution in [0.1, 0.15) is 55.2 Å². The molecular weight excluding hydrogens is 739 g/mol. The lowest BCUT2D eigenvalue weighted by Crippen LogP contribution is -2.42. The highest BCUT2D eigenvalue weighted by molar-refractivity contribution is 5.94. The minimum absolute atomic E-state index is 0.00161. The number of carbonyl (C=O) groups excluding carboxylic acids is 1. The highest BCUT2D eigenvalue weighted by Crippen LogP contribution is 2.44. The molecule has 0 aliphatic heterocycles. The number of anilines is 1. The Morgan fingerprint density at radius 2 is 1.78 bits per heavy atom. The summed E-state index contributed by atoms with van der Waals surface area (Å²) in [5, 5.41) is 52.9. The van der Waals surface area contributed by atoms with Crippen LogP contribution in [0.2, 0.25) is 0 Å². The SMILES string of the molecule is CN=C(N)Nc1cc(CCC=CC(=O)CCc2ccc(O)c(OC)c2)cc(O[C@@]2(CNC)CC[C@H](CCOCNC[C@H](O)Cc3ccc4cc(O)ccc4c3)C2)c1O. The molecule has 312 valence electrons. The van der Waals surface area contributed by atoms with E-state index in [1.165, 1.54) is 7.11 Å². The number of phenols is 3. The number of methoxy groups -OCH3 is 1. The summed E-state index contributed by atoms with van der Waals surface area (Å²) in [5.74, 6) is 1.48. The number of hydrogen-bond donors (Lipinski definition) is 8. The summed E-state index contributed by atoms with van der Waals surface area (Å²) in [6.07, 6.45) is 8.81. The van der Waals surface area contributed by atoms with Crippen LogP contribution >= 0.6 is 0 Å². The lowest BCUT2D eigenvalue weighted by molar-refractivity contribution is -0.114. The first-order chi connectivity index (χ1) is 28.0. The zero-order valence-corrected chi connectivity index (χ0v) is 33.8. The Morgan fingerprint density at radius 1 is 1.00 bits per heavy atom. The van der Waals surface area contributed by atoms with Crippen molar-refractivity contribution in [1.82, 2.24) is 10.6 Å². The highest BCUT2D eigenvalue weighted by Gasteiger charge is 2.41. The van der Waals surface area contributed by atoms with Gasteiger partial charge in [-0.05, 0) is 134 Å². The first-order valence-electron chi connectivity index (χ1n) is 19.9. The van der Waals surface area contributed by atoms with Crippen molar-refractivity contribution < 1.29 is 39.4 Å². The quantitative estimate of drug-likeness (QED) is 0.0121. The van der Waals surface area contributed by atoms with Crippen LogP contribution in [0.3, 0.4) is 0 Å². The van der Waals surface area contributed by atoms with Crippen LogP contribution in [0.15, 0.2) is 83.9 Å². The van der Waals surface area contributed by atoms with Crippen LogP contribution < -0.4 is 31.2 Å². The van der Waals surface area contributed by atoms with Crippen molar-refractivity contribution in [3.8, 4) is 28.7 Å². The third kappa shape index (κ3) is 12.8. The van der Waals surface area contributed by atoms with E-state index in [-0.39, 0.29) is 29.0 Å². The number of rotatable bonds is 22. The van der Waals surface area contributed by atoms with E-state index in [4.69, 9.17) is 19.9 Å². The largest absolute Gasteiger partial charge is 0.508 e. The number of ketones is 1. The molecule has 0 aromatic heterocycles. The van der Waals surface area contributed by atoms with Gasteiger partial charge in [-0.15, -0.1) is 0 Å². The summed E-state index contributed by atoms with van der Waals surface area (Å²) in [5.41, 5.74) is 8.66. The third-order valence-corrected chi connectivity index (χ3v) is 10.6. The lowest BCUT2D eigenvalue weighted by atomic mass is 9.97. The number of hydrogen-bond acceptors (Lipinski definition) is 11. The molecule has 4 aromatic rings. The van der Waals surface area contributed by atoms with Crippen molar-refractivity contribution in [2.75, 3.05) is 52.9 Å². The van der Waals surface area contributed by atoms with E-state index in [2.05, 4.69) is 20.9 Å². The summed E-state index contributed by atoms with van der Waals surface area (Å²) in [6, 6.07) is 20.0. The van der Waals surface area contributed by atoms with Crippen LogP contribution in [-0.4, -0.2) is 91.5 Å². The van der Waals surface area contributed by atoms with Crippen molar-refractivity contribution in [1.29, 1.82) is 0 Å². The van der Waals surface area contributed by atoms with Crippen LogP contribution in [0, 0.1) is 5.92 Å². The van der Waals surface area contributed by atoms with Gasteiger partial charge in [0, 0.05) is 33.2 Å². The molecule has 1 saturated carbocycles. The van der Waals surface area contributed by atoms with E-state index in [0.29, 0.717) is 81.6 Å². The molecular formula is C45H59N5O8. The Morgan fingerprint density at radius 3 is 2.57 bits per heavy atom. The highest BCUT2D eigenvalue weighted by atomic mass is 16.5. The number of allylic oxidation sites excluding steroid dienone is 2. The van der Waals surface area contributed by atoms with Gasteiger partial charge in [-0.1, -0.05) is 36.4 Å². The topological polar surface area (TPSA) is 200 Å². The van der Waals surface area contributed by atoms with Crippen LogP contribution in [0.5, 0.6) is 28.7 Å². The average molecular weight is 798 g/mol. The van der Waals surface area contributed by atoms with Gasteiger partial charge in [0.15, 0.2) is 34.7 Å². The number of aryl methyl sites for hydroxylation is 2. The minimum atomic E-state index is -0.566. The van der Waals surface area contributed by atoms with Crippen molar-refractivity contribution >= 4 is 28.2 Å². The second-order valence-electron chi connectivity index (χ2n) is 15.1. The number of ether oxygens (including phenoxy) is 3. The Labute approximate surface area is 340 Å². The zero-order chi connectivity index (χ0) is 41.5. The number of aliphatic imine (C=N–C) groups is 1. The van der Waals surface area contributed by atoms with Crippen LogP contribution in [0.25, 0.3) is 10.8 Å². The third-order valence-electron chi connectivity index (χ3n) is 10.6. The van der Waals surface area contributed by atoms with Gasteiger partial charge in [0.05, 0.1) is 25.6 Å². The van der Waals surface area contributed by atoms with Crippen molar-refractivity contribution in [3.05, 3.63) is 95.6 Å². The Bertz CT molecular complexity index is 2040. The number of carbonyl (C=O) groups is 1. The molecule has 0 radical (unpaired) electrons. The number of nitrogens with one attached hydrogen (secondary N) is 3. The Kier molecular flexibility index (Phi) is 16.2. The normalized spacial score (nSPS) is 17.5. The van der Waals surface area contributed by atoms with E-state index in [0.717, 1.165) is 53.1 Å². The molecule has 0 unspecified atom stereocenters. The zero-order valence-electron chi connectivity index (χ0n) is 33.8. The van der Waals surface area contributed by atoms with Crippen molar-refractivity contribution in [2.24, 2.45) is 16.6 Å². The first kappa shape index (κ1) is 43.8. The maximum atomic E-state index is 12.6. The van der Waals surface area contributed by atoms with E-state index >= 15 is 0 Å². The minimum Gasteiger partial charge on any atom is -0.508 e. The fraction of sp³-hybridized carbons (Fsp3) is 0.422. The molecule has 0 heterocycles. The molecule has 58 heavy (non-hydrogen) atoms. The summed E-state index contributed by atoms with van der Waals surface area (Å²) < 4.78 is 17.8. The summed E-state index contributed by atoms with van der Waals surface area (Å²) in [7, 11) is 4.95. The van der Waals surface area contributed by atoms with Crippen LogP contribution in [0.4, 0.5) is 5.69 Å². The molecule has 1 fully saturated rings. The van der Waals surface area contributed by atoms with Gasteiger partial charge in [0.2, 0.25) is 0 Å². The Hall–Kier alpha value is -5.34.